The SMILES string of the molecule is COCCOCCOCCOCCOCCOCCOCCOCCOCCOCCOCCOC(=O)OC[C@@H]1CN(N)C(=O)O1. The van der Waals surface area contributed by atoms with Crippen LogP contribution in [0.1, 0.15) is 0 Å². The fourth-order valence-electron chi connectivity index (χ4n) is 3.24. The molecule has 0 unspecified atom stereocenters. The zero-order chi connectivity index (χ0) is 33.2. The van der Waals surface area contributed by atoms with Crippen molar-refractivity contribution in [3.8, 4) is 0 Å². The predicted octanol–water partition coefficient (Wildman–Crippen LogP) is -0.353. The van der Waals surface area contributed by atoms with Crippen LogP contribution in [0.5, 0.6) is 0 Å². The van der Waals surface area contributed by atoms with Gasteiger partial charge in [0.2, 0.25) is 0 Å². The van der Waals surface area contributed by atoms with E-state index in [1.165, 1.54) is 0 Å². The van der Waals surface area contributed by atoms with Crippen LogP contribution in [0, 0.1) is 0 Å². The number of nitrogens with zero attached hydrogens (tertiary/aromatic N) is 1. The highest BCUT2D eigenvalue weighted by Crippen LogP contribution is 2.07. The fraction of sp³-hybridized carbons (Fsp3) is 0.929. The van der Waals surface area contributed by atoms with E-state index in [9.17, 15) is 9.59 Å². The highest BCUT2D eigenvalue weighted by molar-refractivity contribution is 5.69. The second-order valence-electron chi connectivity index (χ2n) is 9.18. The molecule has 0 saturated carbocycles. The molecule has 0 bridgehead atoms. The topological polar surface area (TPSA) is 193 Å². The van der Waals surface area contributed by atoms with Crippen LogP contribution in [0.15, 0.2) is 0 Å². The molecule has 1 amide bonds. The summed E-state index contributed by atoms with van der Waals surface area (Å²) < 4.78 is 73.5. The number of carbonyl (C=O) groups excluding carboxylic acids is 2. The van der Waals surface area contributed by atoms with E-state index >= 15 is 0 Å². The fourth-order valence-corrected chi connectivity index (χ4v) is 3.24. The van der Waals surface area contributed by atoms with E-state index in [0.29, 0.717) is 132 Å². The Labute approximate surface area is 271 Å². The molecule has 18 nitrogen and oxygen atoms in total. The smallest absolute Gasteiger partial charge is 0.440 e. The number of hydrogen-bond donors (Lipinski definition) is 1. The summed E-state index contributed by atoms with van der Waals surface area (Å²) in [5.74, 6) is 5.35. The molecule has 0 aromatic carbocycles. The number of cyclic esters (lactones) is 1. The van der Waals surface area contributed by atoms with Crippen LogP contribution in [-0.2, 0) is 66.3 Å². The number of ether oxygens (including phenoxy) is 14. The quantitative estimate of drug-likeness (QED) is 0.0396. The molecule has 18 heteroatoms. The average molecular weight is 675 g/mol. The molecule has 1 saturated heterocycles. The summed E-state index contributed by atoms with van der Waals surface area (Å²) >= 11 is 0. The van der Waals surface area contributed by atoms with Crippen molar-refractivity contribution in [1.82, 2.24) is 5.01 Å². The van der Waals surface area contributed by atoms with Crippen molar-refractivity contribution in [2.24, 2.45) is 5.84 Å². The molecule has 0 aromatic rings. The Bertz CT molecular complexity index is 696. The van der Waals surface area contributed by atoms with Crippen LogP contribution in [0.3, 0.4) is 0 Å². The lowest BCUT2D eigenvalue weighted by atomic mass is 10.4. The number of methoxy groups -OCH3 is 1. The van der Waals surface area contributed by atoms with Crippen LogP contribution in [0.2, 0.25) is 0 Å². The molecule has 1 atom stereocenters. The first kappa shape index (κ1) is 42.1. The van der Waals surface area contributed by atoms with Gasteiger partial charge in [-0.15, -0.1) is 0 Å². The monoisotopic (exact) mass is 674 g/mol. The Kier molecular flexibility index (Phi) is 30.2. The normalized spacial score (nSPS) is 14.6. The lowest BCUT2D eigenvalue weighted by molar-refractivity contribution is -0.0282. The Balaban J connectivity index is 1.64. The van der Waals surface area contributed by atoms with Crippen LogP contribution >= 0.6 is 0 Å². The van der Waals surface area contributed by atoms with Crippen molar-refractivity contribution in [3.63, 3.8) is 0 Å². The molecule has 2 N–H and O–H groups in total. The first-order chi connectivity index (χ1) is 22.6. The van der Waals surface area contributed by atoms with Gasteiger partial charge in [-0.05, 0) is 0 Å². The summed E-state index contributed by atoms with van der Waals surface area (Å²) in [6.07, 6.45) is -2.15. The first-order valence-corrected chi connectivity index (χ1v) is 15.4. The maximum absolute atomic E-state index is 11.5. The van der Waals surface area contributed by atoms with Crippen molar-refractivity contribution >= 4 is 12.2 Å². The van der Waals surface area contributed by atoms with Crippen LogP contribution < -0.4 is 5.84 Å². The Morgan fingerprint density at radius 1 is 0.565 bits per heavy atom. The van der Waals surface area contributed by atoms with E-state index in [0.717, 1.165) is 5.01 Å². The Hall–Kier alpha value is -1.94. The highest BCUT2D eigenvalue weighted by Gasteiger charge is 2.30. The number of nitrogens with two attached hydrogens (primary N) is 1. The maximum Gasteiger partial charge on any atom is 0.508 e. The van der Waals surface area contributed by atoms with Gasteiger partial charge in [0.15, 0.2) is 6.10 Å². The van der Waals surface area contributed by atoms with Gasteiger partial charge in [-0.25, -0.2) is 20.4 Å². The maximum atomic E-state index is 11.5. The molecule has 46 heavy (non-hydrogen) atoms. The van der Waals surface area contributed by atoms with E-state index in [1.54, 1.807) is 7.11 Å². The number of carbonyl (C=O) groups is 2. The van der Waals surface area contributed by atoms with E-state index in [2.05, 4.69) is 0 Å². The zero-order valence-corrected chi connectivity index (χ0v) is 27.1. The van der Waals surface area contributed by atoms with Gasteiger partial charge in [0.05, 0.1) is 145 Å². The summed E-state index contributed by atoms with van der Waals surface area (Å²) in [7, 11) is 1.64. The molecule has 1 fully saturated rings. The summed E-state index contributed by atoms with van der Waals surface area (Å²) in [4.78, 5) is 22.6. The van der Waals surface area contributed by atoms with Gasteiger partial charge in [-0.3, -0.25) is 0 Å². The Morgan fingerprint density at radius 3 is 1.15 bits per heavy atom. The van der Waals surface area contributed by atoms with Crippen LogP contribution in [-0.4, -0.2) is 189 Å². The molecule has 0 radical (unpaired) electrons. The molecule has 272 valence electrons. The molecule has 1 rings (SSSR count). The van der Waals surface area contributed by atoms with Crippen molar-refractivity contribution in [2.45, 2.75) is 6.10 Å². The number of amides is 1. The molecule has 0 spiro atoms. The third kappa shape index (κ3) is 28.3. The summed E-state index contributed by atoms with van der Waals surface area (Å²) in [5.41, 5.74) is 0. The minimum atomic E-state index is -0.878. The second kappa shape index (κ2) is 33.0. The van der Waals surface area contributed by atoms with Crippen molar-refractivity contribution in [3.05, 3.63) is 0 Å². The predicted molar refractivity (Wildman–Crippen MR) is 159 cm³/mol. The van der Waals surface area contributed by atoms with E-state index < -0.39 is 18.4 Å². The molecular formula is C28H54N2O16. The molecular weight excluding hydrogens is 620 g/mol. The highest BCUT2D eigenvalue weighted by atomic mass is 16.7. The lowest BCUT2D eigenvalue weighted by Gasteiger charge is -2.10. The third-order valence-corrected chi connectivity index (χ3v) is 5.52. The molecule has 0 aliphatic carbocycles. The van der Waals surface area contributed by atoms with E-state index in [4.69, 9.17) is 72.2 Å². The van der Waals surface area contributed by atoms with Gasteiger partial charge < -0.3 is 66.3 Å². The van der Waals surface area contributed by atoms with Gasteiger partial charge >= 0.3 is 12.2 Å². The van der Waals surface area contributed by atoms with Crippen LogP contribution in [0.4, 0.5) is 9.59 Å². The first-order valence-electron chi connectivity index (χ1n) is 15.4. The third-order valence-electron chi connectivity index (χ3n) is 5.52. The standard InChI is InChI=1S/C28H54N2O16/c1-33-2-3-34-4-5-35-6-7-36-8-9-37-10-11-38-12-13-39-14-15-40-16-17-41-18-19-42-20-21-43-22-23-44-28(32)45-25-26-24-30(29)27(31)46-26/h26H,2-25,29H2,1H3/t26-/m0/s1. The lowest BCUT2D eigenvalue weighted by Crippen LogP contribution is -2.32. The molecule has 1 heterocycles. The van der Waals surface area contributed by atoms with Crippen molar-refractivity contribution in [2.75, 3.05) is 166 Å². The second-order valence-corrected chi connectivity index (χ2v) is 9.18. The van der Waals surface area contributed by atoms with Crippen LogP contribution in [0.25, 0.3) is 0 Å². The van der Waals surface area contributed by atoms with Gasteiger partial charge in [0, 0.05) is 7.11 Å². The van der Waals surface area contributed by atoms with Gasteiger partial charge in [0.1, 0.15) is 13.2 Å². The Morgan fingerprint density at radius 2 is 0.870 bits per heavy atom. The van der Waals surface area contributed by atoms with Gasteiger partial charge in [-0.2, -0.15) is 0 Å². The minimum absolute atomic E-state index is 0.0207. The summed E-state index contributed by atoms with van der Waals surface area (Å²) in [5, 5.41) is 0.901. The number of hydrazine groups is 1. The summed E-state index contributed by atoms with van der Waals surface area (Å²) in [6, 6.07) is 0. The van der Waals surface area contributed by atoms with Gasteiger partial charge in [-0.1, -0.05) is 0 Å². The van der Waals surface area contributed by atoms with E-state index in [-0.39, 0.29) is 26.4 Å². The molecule has 1 aliphatic heterocycles. The minimum Gasteiger partial charge on any atom is -0.440 e. The largest absolute Gasteiger partial charge is 0.508 e. The van der Waals surface area contributed by atoms with Gasteiger partial charge in [0.25, 0.3) is 0 Å². The number of rotatable bonds is 35. The average Bonchev–Trinajstić information content (AvgIpc) is 3.38. The number of hydrogen-bond acceptors (Lipinski definition) is 17. The summed E-state index contributed by atoms with van der Waals surface area (Å²) in [6.45, 7) is 9.89. The van der Waals surface area contributed by atoms with E-state index in [1.807, 2.05) is 0 Å². The molecule has 0 aromatic heterocycles. The zero-order valence-electron chi connectivity index (χ0n) is 27.1. The van der Waals surface area contributed by atoms with Crippen molar-refractivity contribution < 1.29 is 75.9 Å². The molecule has 1 aliphatic rings. The van der Waals surface area contributed by atoms with Crippen molar-refractivity contribution in [1.29, 1.82) is 0 Å².